The highest BCUT2D eigenvalue weighted by atomic mass is 31.0. The molecule has 122 valence electrons. The van der Waals surface area contributed by atoms with Gasteiger partial charge in [0.1, 0.15) is 0 Å². The first-order valence-corrected chi connectivity index (χ1v) is 8.33. The molecule has 1 unspecified atom stereocenters. The molecule has 0 bridgehead atoms. The van der Waals surface area contributed by atoms with Crippen molar-refractivity contribution in [2.45, 2.75) is 64.2 Å². The Morgan fingerprint density at radius 3 is 2.45 bits per heavy atom. The maximum atomic E-state index is 13.9. The highest BCUT2D eigenvalue weighted by Crippen LogP contribution is 2.39. The number of nitrogens with one attached hydrogen (secondary N) is 1. The van der Waals surface area contributed by atoms with Crippen molar-refractivity contribution < 1.29 is 13.6 Å². The van der Waals surface area contributed by atoms with Crippen molar-refractivity contribution in [3.05, 3.63) is 34.4 Å². The molecular formula is C17H24F2NOP. The molecule has 0 amide bonds. The summed E-state index contributed by atoms with van der Waals surface area (Å²) >= 11 is 0. The number of halogens is 2. The van der Waals surface area contributed by atoms with E-state index in [1.165, 1.54) is 19.4 Å². The molecular weight excluding hydrogens is 303 g/mol. The SMILES string of the molecule is CCc1c(C(C)=O)cc(CNC2(C)CCC2)cc1C(F)(F)P. The van der Waals surface area contributed by atoms with Crippen molar-refractivity contribution in [3.8, 4) is 0 Å². The van der Waals surface area contributed by atoms with Crippen molar-refractivity contribution in [2.75, 3.05) is 0 Å². The van der Waals surface area contributed by atoms with Crippen LogP contribution in [0, 0.1) is 0 Å². The number of Topliss-reactive ketones (excluding diaryl/α,β-unsaturated/α-hetero) is 1. The first kappa shape index (κ1) is 17.5. The van der Waals surface area contributed by atoms with Crippen molar-refractivity contribution in [2.24, 2.45) is 0 Å². The maximum Gasteiger partial charge on any atom is 0.284 e. The molecule has 1 aliphatic carbocycles. The fourth-order valence-corrected chi connectivity index (χ4v) is 3.28. The van der Waals surface area contributed by atoms with Gasteiger partial charge >= 0.3 is 0 Å². The van der Waals surface area contributed by atoms with Crippen molar-refractivity contribution in [1.29, 1.82) is 0 Å². The fraction of sp³-hybridized carbons (Fsp3) is 0.588. The monoisotopic (exact) mass is 327 g/mol. The van der Waals surface area contributed by atoms with Crippen molar-refractivity contribution in [3.63, 3.8) is 0 Å². The van der Waals surface area contributed by atoms with Crippen molar-refractivity contribution >= 4 is 15.0 Å². The molecule has 1 N–H and O–H groups in total. The number of carbonyl (C=O) groups excluding carboxylic acids is 1. The lowest BCUT2D eigenvalue weighted by molar-refractivity contribution is 0.0998. The van der Waals surface area contributed by atoms with Crippen LogP contribution < -0.4 is 5.32 Å². The lowest BCUT2D eigenvalue weighted by atomic mass is 9.78. The van der Waals surface area contributed by atoms with Crippen LogP contribution >= 0.6 is 9.24 Å². The molecule has 5 heteroatoms. The summed E-state index contributed by atoms with van der Waals surface area (Å²) in [5.41, 5.74) is -1.37. The van der Waals surface area contributed by atoms with E-state index < -0.39 is 5.66 Å². The Kier molecular flexibility index (Phi) is 5.03. The normalized spacial score (nSPS) is 17.2. The fourth-order valence-electron chi connectivity index (χ4n) is 3.03. The molecule has 1 atom stereocenters. The van der Waals surface area contributed by atoms with E-state index in [1.807, 2.05) is 0 Å². The molecule has 1 aliphatic rings. The van der Waals surface area contributed by atoms with E-state index >= 15 is 0 Å². The average Bonchev–Trinajstić information content (AvgIpc) is 2.40. The summed E-state index contributed by atoms with van der Waals surface area (Å²) in [6, 6.07) is 3.30. The van der Waals surface area contributed by atoms with Crippen LogP contribution in [0.4, 0.5) is 8.78 Å². The van der Waals surface area contributed by atoms with Gasteiger partial charge < -0.3 is 5.32 Å². The molecule has 1 fully saturated rings. The van der Waals surface area contributed by atoms with E-state index in [2.05, 4.69) is 12.2 Å². The summed E-state index contributed by atoms with van der Waals surface area (Å²) < 4.78 is 27.8. The summed E-state index contributed by atoms with van der Waals surface area (Å²) in [5.74, 6) is -0.163. The second-order valence-corrected chi connectivity index (χ2v) is 7.20. The van der Waals surface area contributed by atoms with E-state index in [-0.39, 0.29) is 16.9 Å². The van der Waals surface area contributed by atoms with Gasteiger partial charge in [-0.15, -0.1) is 0 Å². The molecule has 0 radical (unpaired) electrons. The molecule has 0 aromatic heterocycles. The molecule has 0 aliphatic heterocycles. The van der Waals surface area contributed by atoms with Gasteiger partial charge in [0.2, 0.25) is 0 Å². The minimum Gasteiger partial charge on any atom is -0.307 e. The number of hydrogen-bond donors (Lipinski definition) is 1. The second kappa shape index (κ2) is 6.33. The average molecular weight is 327 g/mol. The Labute approximate surface area is 133 Å². The van der Waals surface area contributed by atoms with Crippen molar-refractivity contribution in [1.82, 2.24) is 5.32 Å². The van der Waals surface area contributed by atoms with Crippen LogP contribution in [-0.4, -0.2) is 11.3 Å². The number of hydrogen-bond acceptors (Lipinski definition) is 2. The zero-order valence-corrected chi connectivity index (χ0v) is 14.6. The van der Waals surface area contributed by atoms with Gasteiger partial charge in [0.05, 0.1) is 0 Å². The lowest BCUT2D eigenvalue weighted by Crippen LogP contribution is -2.47. The van der Waals surface area contributed by atoms with Gasteiger partial charge in [-0.3, -0.25) is 4.79 Å². The minimum atomic E-state index is -3.02. The molecule has 1 aromatic carbocycles. The number of carbonyl (C=O) groups is 1. The molecule has 0 spiro atoms. The van der Waals surface area contributed by atoms with Gasteiger partial charge in [-0.05, 0) is 62.8 Å². The quantitative estimate of drug-likeness (QED) is 0.619. The molecule has 2 nitrogen and oxygen atoms in total. The zero-order chi connectivity index (χ0) is 16.5. The van der Waals surface area contributed by atoms with E-state index in [9.17, 15) is 13.6 Å². The summed E-state index contributed by atoms with van der Waals surface area (Å²) in [5, 5.41) is 3.43. The molecule has 1 saturated carbocycles. The predicted molar refractivity (Wildman–Crippen MR) is 88.5 cm³/mol. The standard InChI is InChI=1S/C17H24F2NOP/c1-4-13-14(11(2)21)8-12(9-15(13)17(18,19)22)10-20-16(3)6-5-7-16/h8-9,20H,4-7,10,22H2,1-3H3. The topological polar surface area (TPSA) is 29.1 Å². The van der Waals surface area contributed by atoms with Crippen LogP contribution in [0.15, 0.2) is 12.1 Å². The Morgan fingerprint density at radius 2 is 2.05 bits per heavy atom. The third-order valence-electron chi connectivity index (χ3n) is 4.58. The van der Waals surface area contributed by atoms with Crippen LogP contribution in [0.3, 0.4) is 0 Å². The van der Waals surface area contributed by atoms with Crippen LogP contribution in [0.2, 0.25) is 0 Å². The predicted octanol–water partition coefficient (Wildman–Crippen LogP) is 4.41. The minimum absolute atomic E-state index is 0.0525. The number of ketones is 1. The van der Waals surface area contributed by atoms with Gasteiger partial charge in [-0.1, -0.05) is 16.2 Å². The number of alkyl halides is 2. The molecule has 1 aromatic rings. The van der Waals surface area contributed by atoms with Crippen LogP contribution in [0.5, 0.6) is 0 Å². The Morgan fingerprint density at radius 1 is 1.41 bits per heavy atom. The summed E-state index contributed by atoms with van der Waals surface area (Å²) in [7, 11) is 1.59. The van der Waals surface area contributed by atoms with Crippen LogP contribution in [0.25, 0.3) is 0 Å². The molecule has 2 rings (SSSR count). The van der Waals surface area contributed by atoms with E-state index in [0.717, 1.165) is 18.4 Å². The number of benzene rings is 1. The highest BCUT2D eigenvalue weighted by molar-refractivity contribution is 7.17. The Bertz CT molecular complexity index is 577. The van der Waals surface area contributed by atoms with Crippen LogP contribution in [-0.2, 0) is 18.6 Å². The Balaban J connectivity index is 2.38. The van der Waals surface area contributed by atoms with Crippen LogP contribution in [0.1, 0.15) is 67.1 Å². The lowest BCUT2D eigenvalue weighted by Gasteiger charge is -2.39. The van der Waals surface area contributed by atoms with Gasteiger partial charge in [0.15, 0.2) is 5.78 Å². The Hall–Kier alpha value is -0.860. The first-order chi connectivity index (χ1) is 10.2. The largest absolute Gasteiger partial charge is 0.307 e. The highest BCUT2D eigenvalue weighted by Gasteiger charge is 2.32. The zero-order valence-electron chi connectivity index (χ0n) is 13.4. The van der Waals surface area contributed by atoms with Gasteiger partial charge in [0.25, 0.3) is 5.66 Å². The third kappa shape index (κ3) is 3.72. The smallest absolute Gasteiger partial charge is 0.284 e. The summed E-state index contributed by atoms with van der Waals surface area (Å²) in [4.78, 5) is 11.9. The van der Waals surface area contributed by atoms with Gasteiger partial charge in [-0.25, -0.2) is 0 Å². The summed E-state index contributed by atoms with van der Waals surface area (Å²) in [6.45, 7) is 5.89. The second-order valence-electron chi connectivity index (χ2n) is 6.47. The first-order valence-electron chi connectivity index (χ1n) is 7.75. The molecule has 22 heavy (non-hydrogen) atoms. The van der Waals surface area contributed by atoms with E-state index in [1.54, 1.807) is 22.2 Å². The molecule has 0 saturated heterocycles. The van der Waals surface area contributed by atoms with E-state index in [4.69, 9.17) is 0 Å². The van der Waals surface area contributed by atoms with Gasteiger partial charge in [-0.2, -0.15) is 8.78 Å². The molecule has 0 heterocycles. The maximum absolute atomic E-state index is 13.9. The van der Waals surface area contributed by atoms with E-state index in [0.29, 0.717) is 24.1 Å². The number of rotatable bonds is 6. The van der Waals surface area contributed by atoms with Gasteiger partial charge in [0, 0.05) is 23.2 Å². The summed E-state index contributed by atoms with van der Waals surface area (Å²) in [6.07, 6.45) is 3.82. The third-order valence-corrected chi connectivity index (χ3v) is 4.89.